The molecule has 1 aliphatic carbocycles. The maximum absolute atomic E-state index is 12.6. The SMILES string of the molecule is CC(C)NCCC(=O)N1C(C(=O)O)CCC2CCCCC21. The van der Waals surface area contributed by atoms with Crippen LogP contribution in [0, 0.1) is 5.92 Å². The van der Waals surface area contributed by atoms with E-state index in [9.17, 15) is 14.7 Å². The quantitative estimate of drug-likeness (QED) is 0.814. The lowest BCUT2D eigenvalue weighted by Crippen LogP contribution is -2.57. The lowest BCUT2D eigenvalue weighted by Gasteiger charge is -2.47. The zero-order valence-electron chi connectivity index (χ0n) is 13.2. The van der Waals surface area contributed by atoms with Gasteiger partial charge in [0.2, 0.25) is 5.91 Å². The number of hydrogen-bond donors (Lipinski definition) is 2. The molecule has 1 saturated carbocycles. The normalized spacial score (nSPS) is 29.3. The molecule has 1 aliphatic heterocycles. The van der Waals surface area contributed by atoms with Crippen molar-refractivity contribution < 1.29 is 14.7 Å². The molecule has 2 aliphatic rings. The number of carbonyl (C=O) groups excluding carboxylic acids is 1. The Hall–Kier alpha value is -1.10. The van der Waals surface area contributed by atoms with E-state index in [2.05, 4.69) is 5.32 Å². The number of carboxylic acid groups (broad SMARTS) is 1. The minimum atomic E-state index is -0.843. The maximum atomic E-state index is 12.6. The maximum Gasteiger partial charge on any atom is 0.326 e. The molecule has 0 aromatic rings. The van der Waals surface area contributed by atoms with Gasteiger partial charge in [-0.05, 0) is 31.6 Å². The molecule has 2 fully saturated rings. The number of carboxylic acids is 1. The number of piperidine rings is 1. The summed E-state index contributed by atoms with van der Waals surface area (Å²) in [6.45, 7) is 4.71. The Kier molecular flexibility index (Phi) is 5.62. The zero-order chi connectivity index (χ0) is 15.4. The third-order valence-electron chi connectivity index (χ3n) is 4.84. The van der Waals surface area contributed by atoms with Gasteiger partial charge in [0.25, 0.3) is 0 Å². The Labute approximate surface area is 127 Å². The van der Waals surface area contributed by atoms with Crippen LogP contribution in [0.4, 0.5) is 0 Å². The van der Waals surface area contributed by atoms with Gasteiger partial charge in [-0.3, -0.25) is 4.79 Å². The van der Waals surface area contributed by atoms with Gasteiger partial charge < -0.3 is 15.3 Å². The summed E-state index contributed by atoms with van der Waals surface area (Å²) in [7, 11) is 0. The second-order valence-corrected chi connectivity index (χ2v) is 6.70. The Bertz CT molecular complexity index is 384. The number of nitrogens with one attached hydrogen (secondary N) is 1. The molecule has 120 valence electrons. The number of aliphatic carboxylic acids is 1. The third-order valence-corrected chi connectivity index (χ3v) is 4.84. The Morgan fingerprint density at radius 3 is 2.57 bits per heavy atom. The van der Waals surface area contributed by atoms with Crippen LogP contribution in [-0.2, 0) is 9.59 Å². The first-order valence-corrected chi connectivity index (χ1v) is 8.28. The first kappa shape index (κ1) is 16.3. The van der Waals surface area contributed by atoms with Crippen molar-refractivity contribution in [2.75, 3.05) is 6.54 Å². The number of carbonyl (C=O) groups is 2. The number of fused-ring (bicyclic) bond motifs is 1. The first-order valence-electron chi connectivity index (χ1n) is 8.28. The molecule has 3 atom stereocenters. The van der Waals surface area contributed by atoms with Crippen molar-refractivity contribution in [1.29, 1.82) is 0 Å². The van der Waals surface area contributed by atoms with Crippen molar-refractivity contribution in [3.8, 4) is 0 Å². The summed E-state index contributed by atoms with van der Waals surface area (Å²) in [4.78, 5) is 25.8. The zero-order valence-corrected chi connectivity index (χ0v) is 13.2. The van der Waals surface area contributed by atoms with Crippen molar-refractivity contribution in [3.05, 3.63) is 0 Å². The fraction of sp³-hybridized carbons (Fsp3) is 0.875. The van der Waals surface area contributed by atoms with E-state index in [4.69, 9.17) is 0 Å². The number of nitrogens with zero attached hydrogens (tertiary/aromatic N) is 1. The minimum absolute atomic E-state index is 0.00662. The Morgan fingerprint density at radius 2 is 1.90 bits per heavy atom. The van der Waals surface area contributed by atoms with Crippen LogP contribution in [-0.4, -0.2) is 46.6 Å². The second-order valence-electron chi connectivity index (χ2n) is 6.70. The van der Waals surface area contributed by atoms with E-state index in [0.717, 1.165) is 25.7 Å². The van der Waals surface area contributed by atoms with Gasteiger partial charge in [-0.2, -0.15) is 0 Å². The second kappa shape index (κ2) is 7.25. The van der Waals surface area contributed by atoms with E-state index in [1.807, 2.05) is 13.8 Å². The average molecular weight is 296 g/mol. The largest absolute Gasteiger partial charge is 0.480 e. The molecule has 0 aromatic carbocycles. The molecule has 5 heteroatoms. The van der Waals surface area contributed by atoms with Gasteiger partial charge in [-0.25, -0.2) is 4.79 Å². The molecule has 0 radical (unpaired) electrons. The van der Waals surface area contributed by atoms with Crippen LogP contribution in [0.25, 0.3) is 0 Å². The number of rotatable bonds is 5. The van der Waals surface area contributed by atoms with Crippen molar-refractivity contribution in [2.24, 2.45) is 5.92 Å². The van der Waals surface area contributed by atoms with Crippen LogP contribution in [0.1, 0.15) is 58.8 Å². The van der Waals surface area contributed by atoms with E-state index in [1.165, 1.54) is 6.42 Å². The molecule has 1 saturated heterocycles. The predicted octanol–water partition coefficient (Wildman–Crippen LogP) is 2.01. The van der Waals surface area contributed by atoms with E-state index < -0.39 is 12.0 Å². The van der Waals surface area contributed by atoms with Crippen LogP contribution in [0.2, 0.25) is 0 Å². The molecule has 2 rings (SSSR count). The van der Waals surface area contributed by atoms with Crippen molar-refractivity contribution in [2.45, 2.75) is 76.9 Å². The highest BCUT2D eigenvalue weighted by Crippen LogP contribution is 2.38. The number of likely N-dealkylation sites (tertiary alicyclic amines) is 1. The summed E-state index contributed by atoms with van der Waals surface area (Å²) in [5, 5.41) is 12.7. The average Bonchev–Trinajstić information content (AvgIpc) is 2.45. The molecule has 5 nitrogen and oxygen atoms in total. The molecular formula is C16H28N2O3. The van der Waals surface area contributed by atoms with Gasteiger partial charge in [0.1, 0.15) is 6.04 Å². The van der Waals surface area contributed by atoms with Gasteiger partial charge >= 0.3 is 5.97 Å². The standard InChI is InChI=1S/C16H28N2O3/c1-11(2)17-10-9-15(19)18-13-6-4-3-5-12(13)7-8-14(18)16(20)21/h11-14,17H,3-10H2,1-2H3,(H,20,21). The van der Waals surface area contributed by atoms with E-state index in [1.54, 1.807) is 4.90 Å². The van der Waals surface area contributed by atoms with Crippen LogP contribution < -0.4 is 5.32 Å². The van der Waals surface area contributed by atoms with Gasteiger partial charge in [0, 0.05) is 25.0 Å². The minimum Gasteiger partial charge on any atom is -0.480 e. The first-order chi connectivity index (χ1) is 10.0. The topological polar surface area (TPSA) is 69.6 Å². The third kappa shape index (κ3) is 3.96. The molecule has 0 aromatic heterocycles. The molecule has 1 heterocycles. The summed E-state index contributed by atoms with van der Waals surface area (Å²) in [6, 6.07) is -0.118. The number of amides is 1. The highest BCUT2D eigenvalue weighted by atomic mass is 16.4. The van der Waals surface area contributed by atoms with Crippen molar-refractivity contribution in [3.63, 3.8) is 0 Å². The highest BCUT2D eigenvalue weighted by molar-refractivity contribution is 5.84. The fourth-order valence-corrected chi connectivity index (χ4v) is 3.83. The van der Waals surface area contributed by atoms with Crippen LogP contribution in [0.15, 0.2) is 0 Å². The van der Waals surface area contributed by atoms with Gasteiger partial charge in [0.05, 0.1) is 0 Å². The van der Waals surface area contributed by atoms with Gasteiger partial charge in [-0.1, -0.05) is 26.7 Å². The molecule has 1 amide bonds. The fourth-order valence-electron chi connectivity index (χ4n) is 3.83. The van der Waals surface area contributed by atoms with Crippen LogP contribution >= 0.6 is 0 Å². The van der Waals surface area contributed by atoms with Crippen molar-refractivity contribution in [1.82, 2.24) is 10.2 Å². The molecule has 3 unspecified atom stereocenters. The van der Waals surface area contributed by atoms with Crippen LogP contribution in [0.5, 0.6) is 0 Å². The predicted molar refractivity (Wildman–Crippen MR) is 81.0 cm³/mol. The monoisotopic (exact) mass is 296 g/mol. The molecule has 0 bridgehead atoms. The van der Waals surface area contributed by atoms with E-state index >= 15 is 0 Å². The number of hydrogen-bond acceptors (Lipinski definition) is 3. The molecular weight excluding hydrogens is 268 g/mol. The van der Waals surface area contributed by atoms with Gasteiger partial charge in [-0.15, -0.1) is 0 Å². The highest BCUT2D eigenvalue weighted by Gasteiger charge is 2.43. The molecule has 2 N–H and O–H groups in total. The summed E-state index contributed by atoms with van der Waals surface area (Å²) >= 11 is 0. The Balaban J connectivity index is 2.05. The lowest BCUT2D eigenvalue weighted by molar-refractivity contribution is -0.158. The summed E-state index contributed by atoms with van der Waals surface area (Å²) in [6.07, 6.45) is 6.40. The summed E-state index contributed by atoms with van der Waals surface area (Å²) in [5.41, 5.74) is 0. The van der Waals surface area contributed by atoms with Gasteiger partial charge in [0.15, 0.2) is 0 Å². The van der Waals surface area contributed by atoms with Crippen molar-refractivity contribution >= 4 is 11.9 Å². The molecule has 21 heavy (non-hydrogen) atoms. The molecule has 0 spiro atoms. The lowest BCUT2D eigenvalue weighted by atomic mass is 9.76. The smallest absolute Gasteiger partial charge is 0.326 e. The van der Waals surface area contributed by atoms with E-state index in [0.29, 0.717) is 31.3 Å². The summed E-state index contributed by atoms with van der Waals surface area (Å²) < 4.78 is 0. The van der Waals surface area contributed by atoms with Crippen LogP contribution in [0.3, 0.4) is 0 Å². The Morgan fingerprint density at radius 1 is 1.19 bits per heavy atom. The summed E-state index contributed by atoms with van der Waals surface area (Å²) in [5.74, 6) is -0.326. The van der Waals surface area contributed by atoms with E-state index in [-0.39, 0.29) is 11.9 Å².